The largest absolute Gasteiger partial charge is 0.439 e. The molecule has 0 saturated carbocycles. The van der Waals surface area contributed by atoms with Crippen molar-refractivity contribution in [3.8, 4) is 11.6 Å². The Bertz CT molecular complexity index is 537. The Balaban J connectivity index is 2.36. The van der Waals surface area contributed by atoms with Crippen LogP contribution in [0.25, 0.3) is 0 Å². The summed E-state index contributed by atoms with van der Waals surface area (Å²) in [5.74, 6) is 1.46. The van der Waals surface area contributed by atoms with E-state index in [1.165, 1.54) is 0 Å². The third-order valence-corrected chi connectivity index (χ3v) is 3.20. The highest BCUT2D eigenvalue weighted by molar-refractivity contribution is 9.10. The average Bonchev–Trinajstić information content (AvgIpc) is 2.58. The van der Waals surface area contributed by atoms with Gasteiger partial charge in [-0.3, -0.25) is 0 Å². The van der Waals surface area contributed by atoms with Crippen molar-refractivity contribution in [1.29, 1.82) is 0 Å². The normalized spacial score (nSPS) is 10.6. The van der Waals surface area contributed by atoms with E-state index in [-0.39, 0.29) is 0 Å². The van der Waals surface area contributed by atoms with Crippen LogP contribution >= 0.6 is 15.9 Å². The van der Waals surface area contributed by atoms with Gasteiger partial charge in [0.1, 0.15) is 5.75 Å². The Morgan fingerprint density at radius 1 is 1.47 bits per heavy atom. The molecule has 17 heavy (non-hydrogen) atoms. The fraction of sp³-hybridized carbons (Fsp3) is 0.250. The van der Waals surface area contributed by atoms with Gasteiger partial charge in [0.2, 0.25) is 5.88 Å². The molecule has 0 aliphatic carbocycles. The van der Waals surface area contributed by atoms with Crippen molar-refractivity contribution in [1.82, 2.24) is 9.78 Å². The van der Waals surface area contributed by atoms with Crippen molar-refractivity contribution in [3.05, 3.63) is 40.0 Å². The van der Waals surface area contributed by atoms with Crippen molar-refractivity contribution < 1.29 is 4.74 Å². The molecule has 0 radical (unpaired) electrons. The van der Waals surface area contributed by atoms with Crippen LogP contribution in [0, 0.1) is 6.92 Å². The van der Waals surface area contributed by atoms with E-state index in [1.54, 1.807) is 4.68 Å². The minimum Gasteiger partial charge on any atom is -0.439 e. The molecule has 1 aromatic carbocycles. The maximum atomic E-state index is 5.82. The predicted octanol–water partition coefficient (Wildman–Crippen LogP) is 2.74. The lowest BCUT2D eigenvalue weighted by Crippen LogP contribution is -2.02. The van der Waals surface area contributed by atoms with E-state index in [0.29, 0.717) is 12.4 Å². The molecule has 0 spiro atoms. The second kappa shape index (κ2) is 4.89. The molecule has 4 nitrogen and oxygen atoms in total. The Labute approximate surface area is 109 Å². The third kappa shape index (κ3) is 2.50. The van der Waals surface area contributed by atoms with Gasteiger partial charge in [0.05, 0.1) is 5.69 Å². The molecule has 0 amide bonds. The van der Waals surface area contributed by atoms with Crippen LogP contribution in [0.4, 0.5) is 0 Å². The zero-order valence-corrected chi connectivity index (χ0v) is 11.4. The molecule has 2 N–H and O–H groups in total. The molecule has 0 aliphatic heterocycles. The number of hydrogen-bond donors (Lipinski definition) is 1. The molecule has 0 unspecified atom stereocenters. The summed E-state index contributed by atoms with van der Waals surface area (Å²) in [5.41, 5.74) is 7.59. The highest BCUT2D eigenvalue weighted by Gasteiger charge is 2.10. The van der Waals surface area contributed by atoms with Crippen molar-refractivity contribution >= 4 is 15.9 Å². The number of halogens is 1. The molecule has 90 valence electrons. The van der Waals surface area contributed by atoms with E-state index >= 15 is 0 Å². The van der Waals surface area contributed by atoms with E-state index < -0.39 is 0 Å². The highest BCUT2D eigenvalue weighted by atomic mass is 79.9. The SMILES string of the molecule is Cc1cc(Oc2cccc(Br)c2CN)n(C)n1. The van der Waals surface area contributed by atoms with Crippen molar-refractivity contribution in [2.24, 2.45) is 12.8 Å². The van der Waals surface area contributed by atoms with Gasteiger partial charge >= 0.3 is 0 Å². The number of aromatic nitrogens is 2. The molecular weight excluding hydrogens is 282 g/mol. The van der Waals surface area contributed by atoms with Crippen LogP contribution in [0.1, 0.15) is 11.3 Å². The van der Waals surface area contributed by atoms with Gasteiger partial charge in [-0.15, -0.1) is 0 Å². The Morgan fingerprint density at radius 2 is 2.24 bits per heavy atom. The van der Waals surface area contributed by atoms with Crippen molar-refractivity contribution in [2.75, 3.05) is 0 Å². The Hall–Kier alpha value is -1.33. The van der Waals surface area contributed by atoms with Crippen LogP contribution in [-0.4, -0.2) is 9.78 Å². The number of ether oxygens (including phenoxy) is 1. The fourth-order valence-electron chi connectivity index (χ4n) is 1.63. The van der Waals surface area contributed by atoms with Crippen LogP contribution in [0.2, 0.25) is 0 Å². The number of hydrogen-bond acceptors (Lipinski definition) is 3. The first-order valence-electron chi connectivity index (χ1n) is 5.27. The highest BCUT2D eigenvalue weighted by Crippen LogP contribution is 2.30. The fourth-order valence-corrected chi connectivity index (χ4v) is 2.14. The lowest BCUT2D eigenvalue weighted by atomic mass is 10.2. The zero-order chi connectivity index (χ0) is 12.4. The first-order valence-corrected chi connectivity index (χ1v) is 6.07. The summed E-state index contributed by atoms with van der Waals surface area (Å²) < 4.78 is 8.48. The monoisotopic (exact) mass is 295 g/mol. The zero-order valence-electron chi connectivity index (χ0n) is 9.77. The molecule has 0 fully saturated rings. The third-order valence-electron chi connectivity index (χ3n) is 2.45. The quantitative estimate of drug-likeness (QED) is 0.947. The van der Waals surface area contributed by atoms with E-state index in [4.69, 9.17) is 10.5 Å². The molecule has 0 saturated heterocycles. The van der Waals surface area contributed by atoms with Crippen molar-refractivity contribution in [3.63, 3.8) is 0 Å². The van der Waals surface area contributed by atoms with Gasteiger partial charge in [-0.1, -0.05) is 22.0 Å². The number of rotatable bonds is 3. The molecule has 5 heteroatoms. The number of nitrogens with zero attached hydrogens (tertiary/aromatic N) is 2. The lowest BCUT2D eigenvalue weighted by molar-refractivity contribution is 0.426. The maximum absolute atomic E-state index is 5.82. The van der Waals surface area contributed by atoms with Crippen LogP contribution in [0.5, 0.6) is 11.6 Å². The van der Waals surface area contributed by atoms with Gasteiger partial charge in [0, 0.05) is 29.7 Å². The molecule has 0 aliphatic rings. The summed E-state index contributed by atoms with van der Waals surface area (Å²) in [7, 11) is 1.85. The van der Waals surface area contributed by atoms with Gasteiger partial charge in [-0.2, -0.15) is 5.10 Å². The lowest BCUT2D eigenvalue weighted by Gasteiger charge is -2.10. The second-order valence-corrected chi connectivity index (χ2v) is 4.62. The number of benzene rings is 1. The smallest absolute Gasteiger partial charge is 0.217 e. The number of aryl methyl sites for hydroxylation is 2. The van der Waals surface area contributed by atoms with Crippen LogP contribution < -0.4 is 10.5 Å². The van der Waals surface area contributed by atoms with Gasteiger partial charge in [-0.05, 0) is 19.1 Å². The summed E-state index contributed by atoms with van der Waals surface area (Å²) >= 11 is 3.46. The van der Waals surface area contributed by atoms with Gasteiger partial charge in [-0.25, -0.2) is 4.68 Å². The summed E-state index contributed by atoms with van der Waals surface area (Å²) in [6, 6.07) is 7.65. The number of nitrogens with two attached hydrogens (primary N) is 1. The van der Waals surface area contributed by atoms with Gasteiger partial charge in [0.25, 0.3) is 0 Å². The molecule has 0 bridgehead atoms. The van der Waals surface area contributed by atoms with Crippen molar-refractivity contribution in [2.45, 2.75) is 13.5 Å². The van der Waals surface area contributed by atoms with E-state index in [0.717, 1.165) is 21.5 Å². The topological polar surface area (TPSA) is 53.1 Å². The minimum atomic E-state index is 0.424. The maximum Gasteiger partial charge on any atom is 0.217 e. The summed E-state index contributed by atoms with van der Waals surface area (Å²) in [6.07, 6.45) is 0. The average molecular weight is 296 g/mol. The predicted molar refractivity (Wildman–Crippen MR) is 70.1 cm³/mol. The van der Waals surface area contributed by atoms with Crippen LogP contribution in [-0.2, 0) is 13.6 Å². The minimum absolute atomic E-state index is 0.424. The summed E-state index contributed by atoms with van der Waals surface area (Å²) in [5, 5.41) is 4.23. The van der Waals surface area contributed by atoms with E-state index in [2.05, 4.69) is 21.0 Å². The summed E-state index contributed by atoms with van der Waals surface area (Å²) in [4.78, 5) is 0. The first kappa shape index (κ1) is 12.1. The standard InChI is InChI=1S/C12H14BrN3O/c1-8-6-12(16(2)15-8)17-11-5-3-4-10(13)9(11)7-14/h3-6H,7,14H2,1-2H3. The molecule has 2 aromatic rings. The molecular formula is C12H14BrN3O. The van der Waals surface area contributed by atoms with Crippen LogP contribution in [0.15, 0.2) is 28.7 Å². The first-order chi connectivity index (χ1) is 8.11. The van der Waals surface area contributed by atoms with Crippen LogP contribution in [0.3, 0.4) is 0 Å². The van der Waals surface area contributed by atoms with Gasteiger partial charge < -0.3 is 10.5 Å². The second-order valence-electron chi connectivity index (χ2n) is 3.77. The van der Waals surface area contributed by atoms with Gasteiger partial charge in [0.15, 0.2) is 0 Å². The molecule has 0 atom stereocenters. The van der Waals surface area contributed by atoms with E-state index in [1.807, 2.05) is 38.2 Å². The Morgan fingerprint density at radius 3 is 2.82 bits per heavy atom. The molecule has 1 heterocycles. The Kier molecular flexibility index (Phi) is 3.49. The van der Waals surface area contributed by atoms with E-state index in [9.17, 15) is 0 Å². The molecule has 2 rings (SSSR count). The molecule has 1 aromatic heterocycles. The summed E-state index contributed by atoms with van der Waals surface area (Å²) in [6.45, 7) is 2.35.